The van der Waals surface area contributed by atoms with Crippen LogP contribution in [0.5, 0.6) is 0 Å². The molecule has 0 unspecified atom stereocenters. The summed E-state index contributed by atoms with van der Waals surface area (Å²) in [6.07, 6.45) is 4.26. The van der Waals surface area contributed by atoms with Gasteiger partial charge in [-0.25, -0.2) is 0 Å². The van der Waals surface area contributed by atoms with Gasteiger partial charge in [0.1, 0.15) is 0 Å². The van der Waals surface area contributed by atoms with E-state index in [0.717, 1.165) is 0 Å². The van der Waals surface area contributed by atoms with Crippen LogP contribution in [0.15, 0.2) is 0 Å². The van der Waals surface area contributed by atoms with Gasteiger partial charge in [-0.3, -0.25) is 0 Å². The average Bonchev–Trinajstić information content (AvgIpc) is 2.09. The lowest BCUT2D eigenvalue weighted by Gasteiger charge is -2.42. The molecule has 2 rings (SSSR count). The fourth-order valence-corrected chi connectivity index (χ4v) is 2.22. The second kappa shape index (κ2) is 2.76. The molecule has 0 aromatic rings. The first-order valence-electron chi connectivity index (χ1n) is 4.70. The highest BCUT2D eigenvalue weighted by Gasteiger charge is 2.37. The Hall–Kier alpha value is -0.0800. The molecule has 0 amide bonds. The predicted octanol–water partition coefficient (Wildman–Crippen LogP) is 0.692. The fraction of sp³-hybridized carbons (Fsp3) is 1.00. The molecule has 1 N–H and O–H groups in total. The van der Waals surface area contributed by atoms with E-state index in [9.17, 15) is 0 Å². The lowest BCUT2D eigenvalue weighted by atomic mass is 9.75. The van der Waals surface area contributed by atoms with Crippen molar-refractivity contribution < 1.29 is 0 Å². The van der Waals surface area contributed by atoms with Crippen molar-refractivity contribution in [2.45, 2.75) is 19.3 Å². The van der Waals surface area contributed by atoms with Crippen molar-refractivity contribution in [3.05, 3.63) is 0 Å². The summed E-state index contributed by atoms with van der Waals surface area (Å²) in [7, 11) is 2.24. The Morgan fingerprint density at radius 2 is 2.00 bits per heavy atom. The van der Waals surface area contributed by atoms with E-state index in [1.807, 2.05) is 0 Å². The molecule has 2 fully saturated rings. The molecule has 2 saturated heterocycles. The maximum absolute atomic E-state index is 3.40. The third kappa shape index (κ3) is 1.42. The highest BCUT2D eigenvalue weighted by atomic mass is 15.1. The van der Waals surface area contributed by atoms with E-state index in [-0.39, 0.29) is 0 Å². The zero-order valence-electron chi connectivity index (χ0n) is 7.40. The summed E-state index contributed by atoms with van der Waals surface area (Å²) in [4.78, 5) is 2.47. The zero-order chi connectivity index (χ0) is 7.73. The van der Waals surface area contributed by atoms with E-state index in [0.29, 0.717) is 5.41 Å². The van der Waals surface area contributed by atoms with Crippen molar-refractivity contribution in [3.8, 4) is 0 Å². The molecule has 64 valence electrons. The number of likely N-dealkylation sites (tertiary alicyclic amines) is 1. The summed E-state index contributed by atoms with van der Waals surface area (Å²) in [6.45, 7) is 5.17. The number of rotatable bonds is 0. The fourth-order valence-electron chi connectivity index (χ4n) is 2.22. The van der Waals surface area contributed by atoms with Gasteiger partial charge in [-0.15, -0.1) is 0 Å². The molecule has 2 nitrogen and oxygen atoms in total. The van der Waals surface area contributed by atoms with Crippen molar-refractivity contribution in [3.63, 3.8) is 0 Å². The van der Waals surface area contributed by atoms with E-state index in [4.69, 9.17) is 0 Å². The van der Waals surface area contributed by atoms with Gasteiger partial charge in [0.05, 0.1) is 0 Å². The van der Waals surface area contributed by atoms with Crippen LogP contribution in [-0.4, -0.2) is 38.1 Å². The van der Waals surface area contributed by atoms with Gasteiger partial charge in [0, 0.05) is 13.1 Å². The Balaban J connectivity index is 1.92. The van der Waals surface area contributed by atoms with E-state index < -0.39 is 0 Å². The van der Waals surface area contributed by atoms with Gasteiger partial charge in [0.15, 0.2) is 0 Å². The second-order valence-corrected chi connectivity index (χ2v) is 4.26. The molecule has 2 heterocycles. The minimum atomic E-state index is 0.713. The van der Waals surface area contributed by atoms with E-state index in [1.54, 1.807) is 0 Å². The van der Waals surface area contributed by atoms with Crippen molar-refractivity contribution in [2.24, 2.45) is 5.41 Å². The predicted molar refractivity (Wildman–Crippen MR) is 46.7 cm³/mol. The number of hydrogen-bond acceptors (Lipinski definition) is 2. The zero-order valence-corrected chi connectivity index (χ0v) is 7.40. The molecule has 0 saturated carbocycles. The monoisotopic (exact) mass is 154 g/mol. The lowest BCUT2D eigenvalue weighted by Crippen LogP contribution is -2.53. The van der Waals surface area contributed by atoms with Crippen LogP contribution in [0.1, 0.15) is 19.3 Å². The highest BCUT2D eigenvalue weighted by molar-refractivity contribution is 4.93. The normalized spacial score (nSPS) is 31.4. The Morgan fingerprint density at radius 1 is 1.18 bits per heavy atom. The van der Waals surface area contributed by atoms with Crippen LogP contribution < -0.4 is 5.32 Å². The minimum Gasteiger partial charge on any atom is -0.316 e. The molecule has 2 aliphatic rings. The van der Waals surface area contributed by atoms with E-state index in [2.05, 4.69) is 17.3 Å². The van der Waals surface area contributed by atoms with Gasteiger partial charge >= 0.3 is 0 Å². The Kier molecular flexibility index (Phi) is 1.90. The number of nitrogens with one attached hydrogen (secondary N) is 1. The van der Waals surface area contributed by atoms with Gasteiger partial charge in [0.2, 0.25) is 0 Å². The van der Waals surface area contributed by atoms with Crippen LogP contribution in [0.2, 0.25) is 0 Å². The van der Waals surface area contributed by atoms with Crippen LogP contribution in [0, 0.1) is 5.41 Å². The SMILES string of the molecule is CN1CCCC2(CC1)CNC2. The maximum atomic E-state index is 3.40. The first-order chi connectivity index (χ1) is 5.31. The van der Waals surface area contributed by atoms with Gasteiger partial charge in [-0.05, 0) is 44.8 Å². The molecule has 0 aromatic carbocycles. The smallest absolute Gasteiger partial charge is 0.00207 e. The molecule has 0 aromatic heterocycles. The largest absolute Gasteiger partial charge is 0.316 e. The number of hydrogen-bond donors (Lipinski definition) is 1. The van der Waals surface area contributed by atoms with Crippen molar-refractivity contribution in [2.75, 3.05) is 33.2 Å². The third-order valence-electron chi connectivity index (χ3n) is 3.27. The molecule has 0 aliphatic carbocycles. The molecule has 2 aliphatic heterocycles. The van der Waals surface area contributed by atoms with Gasteiger partial charge in [0.25, 0.3) is 0 Å². The molecule has 1 spiro atoms. The van der Waals surface area contributed by atoms with E-state index >= 15 is 0 Å². The summed E-state index contributed by atoms with van der Waals surface area (Å²) in [5.41, 5.74) is 0.713. The lowest BCUT2D eigenvalue weighted by molar-refractivity contribution is 0.142. The topological polar surface area (TPSA) is 15.3 Å². The van der Waals surface area contributed by atoms with Crippen molar-refractivity contribution >= 4 is 0 Å². The molecule has 0 bridgehead atoms. The molecule has 0 radical (unpaired) electrons. The third-order valence-corrected chi connectivity index (χ3v) is 3.27. The standard InChI is InChI=1S/C9H18N2/c1-11-5-2-3-9(4-6-11)7-10-8-9/h10H,2-8H2,1H3. The highest BCUT2D eigenvalue weighted by Crippen LogP contribution is 2.34. The van der Waals surface area contributed by atoms with Crippen molar-refractivity contribution in [1.29, 1.82) is 0 Å². The second-order valence-electron chi connectivity index (χ2n) is 4.26. The Bertz CT molecular complexity index is 140. The molecular formula is C9H18N2. The minimum absolute atomic E-state index is 0.713. The molecule has 0 atom stereocenters. The summed E-state index contributed by atoms with van der Waals surface area (Å²) >= 11 is 0. The van der Waals surface area contributed by atoms with Gasteiger partial charge < -0.3 is 10.2 Å². The summed E-state index contributed by atoms with van der Waals surface area (Å²) in [5, 5.41) is 3.40. The quantitative estimate of drug-likeness (QED) is 0.552. The maximum Gasteiger partial charge on any atom is 0.00207 e. The summed E-state index contributed by atoms with van der Waals surface area (Å²) in [5.74, 6) is 0. The van der Waals surface area contributed by atoms with Crippen LogP contribution in [0.25, 0.3) is 0 Å². The van der Waals surface area contributed by atoms with Gasteiger partial charge in [-0.1, -0.05) is 0 Å². The summed E-state index contributed by atoms with van der Waals surface area (Å²) in [6, 6.07) is 0. The first kappa shape index (κ1) is 7.56. The van der Waals surface area contributed by atoms with Crippen molar-refractivity contribution in [1.82, 2.24) is 10.2 Å². The van der Waals surface area contributed by atoms with Crippen LogP contribution >= 0.6 is 0 Å². The van der Waals surface area contributed by atoms with E-state index in [1.165, 1.54) is 45.4 Å². The average molecular weight is 154 g/mol. The first-order valence-corrected chi connectivity index (χ1v) is 4.70. The Labute approximate surface area is 69.0 Å². The van der Waals surface area contributed by atoms with Gasteiger partial charge in [-0.2, -0.15) is 0 Å². The molecule has 2 heteroatoms. The summed E-state index contributed by atoms with van der Waals surface area (Å²) < 4.78 is 0. The Morgan fingerprint density at radius 3 is 2.64 bits per heavy atom. The molecular weight excluding hydrogens is 136 g/mol. The van der Waals surface area contributed by atoms with Crippen LogP contribution in [0.3, 0.4) is 0 Å². The number of nitrogens with zero attached hydrogens (tertiary/aromatic N) is 1. The van der Waals surface area contributed by atoms with Crippen LogP contribution in [-0.2, 0) is 0 Å². The van der Waals surface area contributed by atoms with Crippen LogP contribution in [0.4, 0.5) is 0 Å². The molecule has 11 heavy (non-hydrogen) atoms.